The third-order valence-electron chi connectivity index (χ3n) is 2.27. The summed E-state index contributed by atoms with van der Waals surface area (Å²) in [6, 6.07) is 8.70. The van der Waals surface area contributed by atoms with Crippen LogP contribution < -0.4 is 0 Å². The van der Waals surface area contributed by atoms with Gasteiger partial charge in [-0.25, -0.2) is 0 Å². The highest BCUT2D eigenvalue weighted by atomic mass is 16.3. The van der Waals surface area contributed by atoms with Gasteiger partial charge in [-0.3, -0.25) is 5.10 Å². The van der Waals surface area contributed by atoms with Crippen molar-refractivity contribution in [3.05, 3.63) is 30.3 Å². The molecule has 2 heterocycles. The van der Waals surface area contributed by atoms with Crippen LogP contribution in [0.2, 0.25) is 0 Å². The average molecular weight is 213 g/mol. The molecule has 0 aliphatic rings. The fourth-order valence-corrected chi connectivity index (χ4v) is 1.49. The van der Waals surface area contributed by atoms with E-state index in [2.05, 4.69) is 25.6 Å². The normalized spacial score (nSPS) is 10.8. The molecule has 6 heteroatoms. The van der Waals surface area contributed by atoms with Crippen LogP contribution in [0.15, 0.2) is 30.3 Å². The summed E-state index contributed by atoms with van der Waals surface area (Å²) in [6.07, 6.45) is 0. The van der Waals surface area contributed by atoms with Crippen molar-refractivity contribution in [3.8, 4) is 17.0 Å². The van der Waals surface area contributed by atoms with E-state index in [1.807, 2.05) is 6.07 Å². The van der Waals surface area contributed by atoms with Gasteiger partial charge in [-0.1, -0.05) is 17.3 Å². The Balaban J connectivity index is 2.22. The Morgan fingerprint density at radius 2 is 1.94 bits per heavy atom. The molecule has 0 atom stereocenters. The van der Waals surface area contributed by atoms with E-state index < -0.39 is 0 Å². The molecular formula is C10H7N5O. The van der Waals surface area contributed by atoms with Gasteiger partial charge in [0.25, 0.3) is 0 Å². The van der Waals surface area contributed by atoms with Crippen molar-refractivity contribution < 1.29 is 5.11 Å². The Kier molecular flexibility index (Phi) is 1.79. The number of H-pyrrole nitrogens is 1. The van der Waals surface area contributed by atoms with Gasteiger partial charge < -0.3 is 5.11 Å². The van der Waals surface area contributed by atoms with Gasteiger partial charge in [0, 0.05) is 5.56 Å². The quantitative estimate of drug-likeness (QED) is 0.632. The van der Waals surface area contributed by atoms with E-state index in [4.69, 9.17) is 0 Å². The van der Waals surface area contributed by atoms with E-state index in [0.717, 1.165) is 0 Å². The number of phenolic OH excluding ortho intramolecular Hbond substituents is 1. The number of para-hydroxylation sites is 1. The maximum atomic E-state index is 9.68. The van der Waals surface area contributed by atoms with Crippen molar-refractivity contribution >= 4 is 11.2 Å². The summed E-state index contributed by atoms with van der Waals surface area (Å²) in [5, 5.41) is 27.6. The minimum atomic E-state index is 0.170. The summed E-state index contributed by atoms with van der Waals surface area (Å²) < 4.78 is 0. The molecule has 0 unspecified atom stereocenters. The van der Waals surface area contributed by atoms with Crippen LogP contribution in [0.25, 0.3) is 22.4 Å². The minimum Gasteiger partial charge on any atom is -0.507 e. The Morgan fingerprint density at radius 1 is 1.06 bits per heavy atom. The van der Waals surface area contributed by atoms with Gasteiger partial charge in [0.1, 0.15) is 11.3 Å². The zero-order valence-electron chi connectivity index (χ0n) is 8.12. The highest BCUT2D eigenvalue weighted by molar-refractivity contribution is 5.76. The molecule has 0 saturated carbocycles. The first-order valence-corrected chi connectivity index (χ1v) is 4.67. The zero-order valence-corrected chi connectivity index (χ0v) is 8.12. The highest BCUT2D eigenvalue weighted by Crippen LogP contribution is 2.27. The number of fused-ring (bicyclic) bond motifs is 1. The van der Waals surface area contributed by atoms with Gasteiger partial charge in [0.05, 0.1) is 5.69 Å². The third kappa shape index (κ3) is 1.28. The van der Waals surface area contributed by atoms with Gasteiger partial charge in [-0.2, -0.15) is 0 Å². The van der Waals surface area contributed by atoms with E-state index in [-0.39, 0.29) is 5.75 Å². The van der Waals surface area contributed by atoms with Gasteiger partial charge in [-0.05, 0) is 18.2 Å². The maximum Gasteiger partial charge on any atom is 0.223 e. The van der Waals surface area contributed by atoms with Crippen molar-refractivity contribution in [2.45, 2.75) is 0 Å². The van der Waals surface area contributed by atoms with E-state index in [0.29, 0.717) is 22.4 Å². The SMILES string of the molecule is Oc1ccccc1-c1cc2[nH]nnc2nn1. The number of rotatable bonds is 1. The largest absolute Gasteiger partial charge is 0.507 e. The first kappa shape index (κ1) is 8.78. The molecule has 0 bridgehead atoms. The van der Waals surface area contributed by atoms with Crippen LogP contribution in [0.5, 0.6) is 5.75 Å². The zero-order chi connectivity index (χ0) is 11.0. The fourth-order valence-electron chi connectivity index (χ4n) is 1.49. The van der Waals surface area contributed by atoms with Crippen LogP contribution in [0, 0.1) is 0 Å². The number of phenols is 1. The first-order chi connectivity index (χ1) is 7.84. The van der Waals surface area contributed by atoms with Gasteiger partial charge >= 0.3 is 0 Å². The maximum absolute atomic E-state index is 9.68. The molecule has 0 radical (unpaired) electrons. The summed E-state index contributed by atoms with van der Waals surface area (Å²) in [5.74, 6) is 0.170. The standard InChI is InChI=1S/C10H7N5O/c16-9-4-2-1-3-6(9)7-5-8-10(13-11-7)14-15-12-8/h1-5,16H,(H,12,13,14,15). The second-order valence-corrected chi connectivity index (χ2v) is 3.30. The molecule has 16 heavy (non-hydrogen) atoms. The fraction of sp³-hybridized carbons (Fsp3) is 0. The van der Waals surface area contributed by atoms with E-state index >= 15 is 0 Å². The smallest absolute Gasteiger partial charge is 0.223 e. The lowest BCUT2D eigenvalue weighted by molar-refractivity contribution is 0.477. The van der Waals surface area contributed by atoms with Crippen LogP contribution in [-0.4, -0.2) is 30.7 Å². The molecule has 0 aliphatic heterocycles. The number of benzene rings is 1. The van der Waals surface area contributed by atoms with Crippen LogP contribution in [0.1, 0.15) is 0 Å². The Bertz CT molecular complexity index is 648. The lowest BCUT2D eigenvalue weighted by Crippen LogP contribution is -1.88. The predicted octanol–water partition coefficient (Wildman–Crippen LogP) is 1.12. The number of nitrogens with zero attached hydrogens (tertiary/aromatic N) is 4. The highest BCUT2D eigenvalue weighted by Gasteiger charge is 2.07. The monoisotopic (exact) mass is 213 g/mol. The summed E-state index contributed by atoms with van der Waals surface area (Å²) in [6.45, 7) is 0. The van der Waals surface area contributed by atoms with E-state index in [1.165, 1.54) is 0 Å². The van der Waals surface area contributed by atoms with Gasteiger partial charge in [0.2, 0.25) is 5.65 Å². The average Bonchev–Trinajstić information content (AvgIpc) is 2.76. The van der Waals surface area contributed by atoms with Crippen LogP contribution in [0.4, 0.5) is 0 Å². The van der Waals surface area contributed by atoms with Gasteiger partial charge in [0.15, 0.2) is 0 Å². The number of hydrogen-bond donors (Lipinski definition) is 2. The molecule has 0 spiro atoms. The Labute approximate surface area is 90.0 Å². The summed E-state index contributed by atoms with van der Waals surface area (Å²) in [4.78, 5) is 0. The van der Waals surface area contributed by atoms with Crippen molar-refractivity contribution in [1.82, 2.24) is 25.6 Å². The number of aromatic amines is 1. The van der Waals surface area contributed by atoms with E-state index in [9.17, 15) is 5.11 Å². The Hall–Kier alpha value is -2.50. The van der Waals surface area contributed by atoms with E-state index in [1.54, 1.807) is 24.3 Å². The predicted molar refractivity (Wildman–Crippen MR) is 56.6 cm³/mol. The molecule has 78 valence electrons. The second kappa shape index (κ2) is 3.27. The molecule has 3 aromatic rings. The number of aromatic hydroxyl groups is 1. The van der Waals surface area contributed by atoms with Crippen LogP contribution in [-0.2, 0) is 0 Å². The lowest BCUT2D eigenvalue weighted by atomic mass is 10.1. The minimum absolute atomic E-state index is 0.170. The molecule has 0 fully saturated rings. The molecular weight excluding hydrogens is 206 g/mol. The second-order valence-electron chi connectivity index (χ2n) is 3.30. The molecule has 2 N–H and O–H groups in total. The first-order valence-electron chi connectivity index (χ1n) is 4.67. The number of aromatic nitrogens is 5. The lowest BCUT2D eigenvalue weighted by Gasteiger charge is -2.01. The van der Waals surface area contributed by atoms with Gasteiger partial charge in [-0.15, -0.1) is 15.3 Å². The summed E-state index contributed by atoms with van der Waals surface area (Å²) >= 11 is 0. The van der Waals surface area contributed by atoms with Crippen molar-refractivity contribution in [1.29, 1.82) is 0 Å². The summed E-state index contributed by atoms with van der Waals surface area (Å²) in [7, 11) is 0. The molecule has 0 amide bonds. The van der Waals surface area contributed by atoms with Crippen molar-refractivity contribution in [2.75, 3.05) is 0 Å². The number of hydrogen-bond acceptors (Lipinski definition) is 5. The molecule has 3 rings (SSSR count). The van der Waals surface area contributed by atoms with Crippen LogP contribution >= 0.6 is 0 Å². The third-order valence-corrected chi connectivity index (χ3v) is 2.27. The molecule has 0 aliphatic carbocycles. The molecule has 0 saturated heterocycles. The molecule has 1 aromatic carbocycles. The topological polar surface area (TPSA) is 87.6 Å². The number of nitrogens with one attached hydrogen (secondary N) is 1. The Morgan fingerprint density at radius 3 is 2.81 bits per heavy atom. The van der Waals surface area contributed by atoms with Crippen LogP contribution in [0.3, 0.4) is 0 Å². The van der Waals surface area contributed by atoms with Crippen molar-refractivity contribution in [2.24, 2.45) is 0 Å². The molecule has 6 nitrogen and oxygen atoms in total. The molecule has 2 aromatic heterocycles. The summed E-state index contributed by atoms with van der Waals surface area (Å²) in [5.41, 5.74) is 2.36. The van der Waals surface area contributed by atoms with Crippen molar-refractivity contribution in [3.63, 3.8) is 0 Å².